The predicted molar refractivity (Wildman–Crippen MR) is 66.8 cm³/mol. The third-order valence-corrected chi connectivity index (χ3v) is 3.14. The van der Waals surface area contributed by atoms with Crippen LogP contribution in [0, 0.1) is 0 Å². The molecule has 0 spiro atoms. The first-order valence-electron chi connectivity index (χ1n) is 6.43. The quantitative estimate of drug-likeness (QED) is 0.803. The maximum Gasteiger partial charge on any atom is 0.320 e. The highest BCUT2D eigenvalue weighted by Crippen LogP contribution is 2.11. The molecule has 0 bridgehead atoms. The summed E-state index contributed by atoms with van der Waals surface area (Å²) in [5.41, 5.74) is 0. The van der Waals surface area contributed by atoms with Gasteiger partial charge in [-0.3, -0.25) is 4.79 Å². The molecule has 98 valence electrons. The van der Waals surface area contributed by atoms with Crippen LogP contribution in [0.15, 0.2) is 0 Å². The number of carbonyl (C=O) groups is 2. The Morgan fingerprint density at radius 3 is 2.24 bits per heavy atom. The van der Waals surface area contributed by atoms with Crippen molar-refractivity contribution >= 4 is 11.9 Å². The lowest BCUT2D eigenvalue weighted by Gasteiger charge is -2.28. The van der Waals surface area contributed by atoms with Crippen molar-refractivity contribution in [1.82, 2.24) is 15.1 Å². The second kappa shape index (κ2) is 7.14. The lowest BCUT2D eigenvalue weighted by atomic mass is 10.2. The van der Waals surface area contributed by atoms with Crippen molar-refractivity contribution in [3.63, 3.8) is 0 Å². The number of nitrogens with one attached hydrogen (secondary N) is 1. The van der Waals surface area contributed by atoms with Crippen molar-refractivity contribution < 1.29 is 9.59 Å². The van der Waals surface area contributed by atoms with Crippen molar-refractivity contribution in [2.75, 3.05) is 33.2 Å². The van der Waals surface area contributed by atoms with Crippen LogP contribution in [0.3, 0.4) is 0 Å². The molecule has 0 aliphatic carbocycles. The molecule has 1 fully saturated rings. The van der Waals surface area contributed by atoms with E-state index >= 15 is 0 Å². The molecule has 1 aliphatic heterocycles. The van der Waals surface area contributed by atoms with E-state index in [1.54, 1.807) is 11.9 Å². The number of amides is 3. The number of carbonyl (C=O) groups excluding carboxylic acids is 2. The molecule has 1 heterocycles. The van der Waals surface area contributed by atoms with E-state index in [0.717, 1.165) is 25.9 Å². The second-order valence-electron chi connectivity index (χ2n) is 4.37. The van der Waals surface area contributed by atoms with Gasteiger partial charge in [-0.2, -0.15) is 0 Å². The standard InChI is InChI=1S/C12H23N3O2/c1-3-14(10-11(16)13-2)12(17)15-8-6-4-5-7-9-15/h3-10H2,1-2H3,(H,13,16). The summed E-state index contributed by atoms with van der Waals surface area (Å²) in [6.07, 6.45) is 4.54. The average molecular weight is 241 g/mol. The van der Waals surface area contributed by atoms with Gasteiger partial charge in [0, 0.05) is 26.7 Å². The fourth-order valence-corrected chi connectivity index (χ4v) is 2.03. The van der Waals surface area contributed by atoms with Gasteiger partial charge in [-0.25, -0.2) is 4.79 Å². The topological polar surface area (TPSA) is 52.7 Å². The molecule has 1 N–H and O–H groups in total. The van der Waals surface area contributed by atoms with E-state index in [0.29, 0.717) is 6.54 Å². The molecule has 1 rings (SSSR count). The summed E-state index contributed by atoms with van der Waals surface area (Å²) in [7, 11) is 1.59. The summed E-state index contributed by atoms with van der Waals surface area (Å²) in [6.45, 7) is 4.27. The summed E-state index contributed by atoms with van der Waals surface area (Å²) in [4.78, 5) is 27.0. The number of likely N-dealkylation sites (N-methyl/N-ethyl adjacent to an activating group) is 2. The Balaban J connectivity index is 2.54. The molecule has 0 atom stereocenters. The molecule has 0 radical (unpaired) electrons. The normalized spacial score (nSPS) is 16.2. The molecule has 5 heteroatoms. The molecule has 1 aliphatic rings. The zero-order valence-electron chi connectivity index (χ0n) is 10.9. The van der Waals surface area contributed by atoms with Gasteiger partial charge in [0.05, 0.1) is 0 Å². The zero-order valence-corrected chi connectivity index (χ0v) is 10.9. The smallest absolute Gasteiger partial charge is 0.320 e. The minimum atomic E-state index is -0.116. The summed E-state index contributed by atoms with van der Waals surface area (Å²) in [5, 5.41) is 2.55. The highest BCUT2D eigenvalue weighted by atomic mass is 16.2. The van der Waals surface area contributed by atoms with E-state index in [2.05, 4.69) is 5.32 Å². The van der Waals surface area contributed by atoms with E-state index in [-0.39, 0.29) is 18.5 Å². The van der Waals surface area contributed by atoms with Crippen molar-refractivity contribution in [2.45, 2.75) is 32.6 Å². The van der Waals surface area contributed by atoms with Crippen LogP contribution in [0.5, 0.6) is 0 Å². The van der Waals surface area contributed by atoms with Crippen LogP contribution in [-0.4, -0.2) is 55.0 Å². The highest BCUT2D eigenvalue weighted by molar-refractivity contribution is 5.83. The van der Waals surface area contributed by atoms with Crippen LogP contribution in [0.4, 0.5) is 4.79 Å². The van der Waals surface area contributed by atoms with Gasteiger partial charge < -0.3 is 15.1 Å². The first-order valence-corrected chi connectivity index (χ1v) is 6.43. The van der Waals surface area contributed by atoms with Crippen molar-refractivity contribution in [3.05, 3.63) is 0 Å². The van der Waals surface area contributed by atoms with Gasteiger partial charge >= 0.3 is 6.03 Å². The molecule has 0 aromatic heterocycles. The molecule has 3 amide bonds. The molecule has 0 unspecified atom stereocenters. The molecule has 17 heavy (non-hydrogen) atoms. The molecule has 0 saturated carbocycles. The van der Waals surface area contributed by atoms with Crippen molar-refractivity contribution in [2.24, 2.45) is 0 Å². The third-order valence-electron chi connectivity index (χ3n) is 3.14. The number of nitrogens with zero attached hydrogens (tertiary/aromatic N) is 2. The number of likely N-dealkylation sites (tertiary alicyclic amines) is 1. The Bertz CT molecular complexity index is 260. The number of rotatable bonds is 3. The van der Waals surface area contributed by atoms with Crippen molar-refractivity contribution in [1.29, 1.82) is 0 Å². The van der Waals surface area contributed by atoms with E-state index in [4.69, 9.17) is 0 Å². The van der Waals surface area contributed by atoms with E-state index in [9.17, 15) is 9.59 Å². The Labute approximate surface area is 103 Å². The van der Waals surface area contributed by atoms with Crippen molar-refractivity contribution in [3.8, 4) is 0 Å². The Kier molecular flexibility index (Phi) is 5.80. The Hall–Kier alpha value is -1.26. The van der Waals surface area contributed by atoms with Gasteiger partial charge in [0.2, 0.25) is 5.91 Å². The van der Waals surface area contributed by atoms with E-state index in [1.807, 2.05) is 11.8 Å². The Morgan fingerprint density at radius 1 is 1.18 bits per heavy atom. The summed E-state index contributed by atoms with van der Waals surface area (Å²) < 4.78 is 0. The van der Waals surface area contributed by atoms with E-state index < -0.39 is 0 Å². The van der Waals surface area contributed by atoms with E-state index in [1.165, 1.54) is 12.8 Å². The summed E-state index contributed by atoms with van der Waals surface area (Å²) in [6, 6.07) is -0.00185. The number of hydrogen-bond acceptors (Lipinski definition) is 2. The van der Waals surface area contributed by atoms with Crippen LogP contribution in [-0.2, 0) is 4.79 Å². The third kappa shape index (κ3) is 4.24. The first kappa shape index (κ1) is 13.8. The van der Waals surface area contributed by atoms with Gasteiger partial charge in [0.15, 0.2) is 0 Å². The molecule has 5 nitrogen and oxygen atoms in total. The number of urea groups is 1. The monoisotopic (exact) mass is 241 g/mol. The zero-order chi connectivity index (χ0) is 12.7. The van der Waals surface area contributed by atoms with Crippen LogP contribution >= 0.6 is 0 Å². The van der Waals surface area contributed by atoms with Gasteiger partial charge in [0.1, 0.15) is 6.54 Å². The lowest BCUT2D eigenvalue weighted by molar-refractivity contribution is -0.121. The van der Waals surface area contributed by atoms with Gasteiger partial charge in [0.25, 0.3) is 0 Å². The first-order chi connectivity index (χ1) is 8.19. The summed E-state index contributed by atoms with van der Waals surface area (Å²) in [5.74, 6) is -0.116. The highest BCUT2D eigenvalue weighted by Gasteiger charge is 2.21. The van der Waals surface area contributed by atoms with Gasteiger partial charge in [-0.15, -0.1) is 0 Å². The lowest BCUT2D eigenvalue weighted by Crippen LogP contribution is -2.47. The van der Waals surface area contributed by atoms with Crippen LogP contribution in [0.2, 0.25) is 0 Å². The predicted octanol–water partition coefficient (Wildman–Crippen LogP) is 1.05. The Morgan fingerprint density at radius 2 is 1.76 bits per heavy atom. The van der Waals surface area contributed by atoms with Crippen LogP contribution in [0.1, 0.15) is 32.6 Å². The second-order valence-corrected chi connectivity index (χ2v) is 4.37. The molecule has 0 aromatic carbocycles. The minimum absolute atomic E-state index is 0.00185. The fourth-order valence-electron chi connectivity index (χ4n) is 2.03. The van der Waals surface area contributed by atoms with Crippen LogP contribution < -0.4 is 5.32 Å². The minimum Gasteiger partial charge on any atom is -0.358 e. The maximum absolute atomic E-state index is 12.2. The molecule has 1 saturated heterocycles. The molecular weight excluding hydrogens is 218 g/mol. The largest absolute Gasteiger partial charge is 0.358 e. The van der Waals surface area contributed by atoms with Gasteiger partial charge in [-0.1, -0.05) is 12.8 Å². The number of hydrogen-bond donors (Lipinski definition) is 1. The average Bonchev–Trinajstić information content (AvgIpc) is 2.63. The molecule has 0 aromatic rings. The summed E-state index contributed by atoms with van der Waals surface area (Å²) >= 11 is 0. The SMILES string of the molecule is CCN(CC(=O)NC)C(=O)N1CCCCCC1. The van der Waals surface area contributed by atoms with Gasteiger partial charge in [-0.05, 0) is 19.8 Å². The maximum atomic E-state index is 12.2. The van der Waals surface area contributed by atoms with Crippen LogP contribution in [0.25, 0.3) is 0 Å². The fraction of sp³-hybridized carbons (Fsp3) is 0.833. The molecular formula is C12H23N3O2.